The van der Waals surface area contributed by atoms with E-state index in [1.54, 1.807) is 18.2 Å². The minimum absolute atomic E-state index is 0.159. The molecule has 1 fully saturated rings. The second-order valence-corrected chi connectivity index (χ2v) is 7.72. The van der Waals surface area contributed by atoms with E-state index >= 15 is 0 Å². The van der Waals surface area contributed by atoms with Gasteiger partial charge in [0.05, 0.1) is 21.5 Å². The molecular weight excluding hydrogens is 406 g/mol. The Hall–Kier alpha value is -2.22. The van der Waals surface area contributed by atoms with Crippen LogP contribution in [0, 0.1) is 5.92 Å². The van der Waals surface area contributed by atoms with E-state index in [1.807, 2.05) is 19.0 Å². The van der Waals surface area contributed by atoms with Gasteiger partial charge in [0.25, 0.3) is 5.91 Å². The van der Waals surface area contributed by atoms with Crippen molar-refractivity contribution in [2.75, 3.05) is 24.7 Å². The van der Waals surface area contributed by atoms with Gasteiger partial charge in [-0.05, 0) is 44.3 Å². The van der Waals surface area contributed by atoms with Crippen LogP contribution >= 0.6 is 23.2 Å². The van der Waals surface area contributed by atoms with Crippen molar-refractivity contribution in [2.24, 2.45) is 5.92 Å². The molecule has 0 radical (unpaired) electrons. The van der Waals surface area contributed by atoms with Gasteiger partial charge in [-0.2, -0.15) is 0 Å². The molecule has 0 saturated heterocycles. The van der Waals surface area contributed by atoms with Gasteiger partial charge in [-0.1, -0.05) is 23.2 Å². The predicted molar refractivity (Wildman–Crippen MR) is 108 cm³/mol. The molecule has 1 heterocycles. The van der Waals surface area contributed by atoms with E-state index in [2.05, 4.69) is 15.6 Å². The van der Waals surface area contributed by atoms with Gasteiger partial charge < -0.3 is 15.5 Å². The van der Waals surface area contributed by atoms with Gasteiger partial charge in [0.1, 0.15) is 12.0 Å². The Morgan fingerprint density at radius 2 is 1.86 bits per heavy atom. The van der Waals surface area contributed by atoms with Crippen LogP contribution in [0.1, 0.15) is 22.3 Å². The maximum atomic E-state index is 13.0. The number of rotatable bonds is 6. The fraction of sp³-hybridized carbons (Fsp3) is 0.316. The first-order valence-corrected chi connectivity index (χ1v) is 9.35. The lowest BCUT2D eigenvalue weighted by Crippen LogP contribution is -2.17. The first-order chi connectivity index (χ1) is 13.2. The summed E-state index contributed by atoms with van der Waals surface area (Å²) < 4.78 is 13.0. The Kier molecular flexibility index (Phi) is 6.17. The number of aromatic nitrogens is 1. The number of anilines is 2. The van der Waals surface area contributed by atoms with Crippen molar-refractivity contribution in [1.82, 2.24) is 9.88 Å². The van der Waals surface area contributed by atoms with Crippen LogP contribution in [0.4, 0.5) is 15.9 Å². The molecule has 0 bridgehead atoms. The SMILES string of the molecule is CN(C)Cc1cc(Cl)c(C(=O)Nc2ccnc(NC(=O)[C@H]3C[C@H]3F)c2)c(Cl)c1. The van der Waals surface area contributed by atoms with Crippen molar-refractivity contribution < 1.29 is 14.0 Å². The van der Waals surface area contributed by atoms with E-state index in [0.717, 1.165) is 5.56 Å². The zero-order valence-electron chi connectivity index (χ0n) is 15.3. The number of alkyl halides is 1. The summed E-state index contributed by atoms with van der Waals surface area (Å²) in [4.78, 5) is 30.4. The van der Waals surface area contributed by atoms with E-state index in [0.29, 0.717) is 12.2 Å². The molecular formula is C19H19Cl2FN4O2. The van der Waals surface area contributed by atoms with Crippen LogP contribution in [0.3, 0.4) is 0 Å². The van der Waals surface area contributed by atoms with Gasteiger partial charge in [-0.3, -0.25) is 9.59 Å². The molecule has 1 aromatic carbocycles. The molecule has 2 aromatic rings. The van der Waals surface area contributed by atoms with Crippen LogP contribution in [-0.4, -0.2) is 42.0 Å². The molecule has 28 heavy (non-hydrogen) atoms. The number of pyridine rings is 1. The quantitative estimate of drug-likeness (QED) is 0.734. The fourth-order valence-corrected chi connectivity index (χ4v) is 3.43. The zero-order chi connectivity index (χ0) is 20.4. The molecule has 1 aromatic heterocycles. The van der Waals surface area contributed by atoms with E-state index in [4.69, 9.17) is 23.2 Å². The number of halogens is 3. The normalized spacial score (nSPS) is 18.1. The van der Waals surface area contributed by atoms with Gasteiger partial charge in [0.15, 0.2) is 0 Å². The van der Waals surface area contributed by atoms with Crippen molar-refractivity contribution in [3.63, 3.8) is 0 Å². The largest absolute Gasteiger partial charge is 0.322 e. The smallest absolute Gasteiger partial charge is 0.258 e. The summed E-state index contributed by atoms with van der Waals surface area (Å²) in [7, 11) is 3.83. The molecule has 3 rings (SSSR count). The Balaban J connectivity index is 1.72. The first kappa shape index (κ1) is 20.5. The van der Waals surface area contributed by atoms with Crippen LogP contribution in [-0.2, 0) is 11.3 Å². The molecule has 9 heteroatoms. The number of carbonyl (C=O) groups is 2. The first-order valence-electron chi connectivity index (χ1n) is 8.59. The van der Waals surface area contributed by atoms with Gasteiger partial charge in [-0.15, -0.1) is 0 Å². The third kappa shape index (κ3) is 4.98. The number of carbonyl (C=O) groups excluding carboxylic acids is 2. The van der Waals surface area contributed by atoms with Crippen LogP contribution < -0.4 is 10.6 Å². The summed E-state index contributed by atoms with van der Waals surface area (Å²) in [5.74, 6) is -1.31. The summed E-state index contributed by atoms with van der Waals surface area (Å²) in [6.45, 7) is 0.634. The van der Waals surface area contributed by atoms with E-state index in [-0.39, 0.29) is 27.8 Å². The second-order valence-electron chi connectivity index (χ2n) is 6.90. The Morgan fingerprint density at radius 3 is 2.43 bits per heavy atom. The molecule has 1 aliphatic carbocycles. The summed E-state index contributed by atoms with van der Waals surface area (Å²) in [6, 6.07) is 6.44. The van der Waals surface area contributed by atoms with E-state index < -0.39 is 23.9 Å². The monoisotopic (exact) mass is 424 g/mol. The lowest BCUT2D eigenvalue weighted by atomic mass is 10.1. The number of hydrogen-bond acceptors (Lipinski definition) is 4. The van der Waals surface area contributed by atoms with Crippen molar-refractivity contribution in [1.29, 1.82) is 0 Å². The standard InChI is InChI=1S/C19H19Cl2FN4O2/c1-26(2)9-10-5-13(20)17(14(21)6-10)19(28)24-11-3-4-23-16(7-11)25-18(27)12-8-15(12)22/h3-7,12,15H,8-9H2,1-2H3,(H2,23,24,25,27,28)/t12-,15+/m0/s1. The number of nitrogens with zero attached hydrogens (tertiary/aromatic N) is 2. The van der Waals surface area contributed by atoms with Gasteiger partial charge in [0, 0.05) is 24.5 Å². The maximum Gasteiger partial charge on any atom is 0.258 e. The lowest BCUT2D eigenvalue weighted by molar-refractivity contribution is -0.117. The average molecular weight is 425 g/mol. The average Bonchev–Trinajstić information content (AvgIpc) is 3.31. The Bertz CT molecular complexity index is 900. The lowest BCUT2D eigenvalue weighted by Gasteiger charge is -2.14. The topological polar surface area (TPSA) is 74.3 Å². The summed E-state index contributed by atoms with van der Waals surface area (Å²) in [5.41, 5.74) is 1.44. The highest BCUT2D eigenvalue weighted by atomic mass is 35.5. The highest BCUT2D eigenvalue weighted by molar-refractivity contribution is 6.40. The Morgan fingerprint density at radius 1 is 1.21 bits per heavy atom. The van der Waals surface area contributed by atoms with E-state index in [9.17, 15) is 14.0 Å². The number of benzene rings is 1. The molecule has 2 N–H and O–H groups in total. The van der Waals surface area contributed by atoms with Gasteiger partial charge in [0.2, 0.25) is 5.91 Å². The fourth-order valence-electron chi connectivity index (χ4n) is 2.72. The summed E-state index contributed by atoms with van der Waals surface area (Å²) in [6.07, 6.45) is 0.556. The maximum absolute atomic E-state index is 13.0. The molecule has 0 unspecified atom stereocenters. The predicted octanol–water partition coefficient (Wildman–Crippen LogP) is 4.00. The van der Waals surface area contributed by atoms with Crippen molar-refractivity contribution in [3.05, 3.63) is 51.6 Å². The second kappa shape index (κ2) is 8.43. The summed E-state index contributed by atoms with van der Waals surface area (Å²) >= 11 is 12.5. The van der Waals surface area contributed by atoms with Crippen molar-refractivity contribution in [3.8, 4) is 0 Å². The minimum Gasteiger partial charge on any atom is -0.322 e. The zero-order valence-corrected chi connectivity index (χ0v) is 16.8. The van der Waals surface area contributed by atoms with E-state index in [1.165, 1.54) is 12.3 Å². The van der Waals surface area contributed by atoms with Crippen LogP contribution in [0.5, 0.6) is 0 Å². The van der Waals surface area contributed by atoms with Crippen molar-refractivity contribution >= 4 is 46.5 Å². The Labute approximate surface area is 172 Å². The molecule has 1 saturated carbocycles. The number of nitrogens with one attached hydrogen (secondary N) is 2. The third-order valence-electron chi connectivity index (χ3n) is 4.15. The molecule has 0 spiro atoms. The third-order valence-corrected chi connectivity index (χ3v) is 4.74. The molecule has 2 atom stereocenters. The minimum atomic E-state index is -1.09. The molecule has 6 nitrogen and oxygen atoms in total. The van der Waals surface area contributed by atoms with Crippen LogP contribution in [0.25, 0.3) is 0 Å². The highest BCUT2D eigenvalue weighted by Gasteiger charge is 2.43. The molecule has 1 aliphatic rings. The van der Waals surface area contributed by atoms with Gasteiger partial charge in [-0.25, -0.2) is 9.37 Å². The number of hydrogen-bond donors (Lipinski definition) is 2. The molecule has 0 aliphatic heterocycles. The van der Waals surface area contributed by atoms with Gasteiger partial charge >= 0.3 is 0 Å². The number of amides is 2. The van der Waals surface area contributed by atoms with Crippen LogP contribution in [0.2, 0.25) is 10.0 Å². The molecule has 148 valence electrons. The van der Waals surface area contributed by atoms with Crippen molar-refractivity contribution in [2.45, 2.75) is 19.1 Å². The highest BCUT2D eigenvalue weighted by Crippen LogP contribution is 2.34. The van der Waals surface area contributed by atoms with Crippen LogP contribution in [0.15, 0.2) is 30.5 Å². The molecule has 2 amide bonds. The summed E-state index contributed by atoms with van der Waals surface area (Å²) in [5, 5.41) is 5.71.